The van der Waals surface area contributed by atoms with Gasteiger partial charge in [0.25, 0.3) is 0 Å². The Morgan fingerprint density at radius 1 is 1.20 bits per heavy atom. The highest BCUT2D eigenvalue weighted by Gasteiger charge is 2.31. The number of nitrogens with one attached hydrogen (secondary N) is 1. The summed E-state index contributed by atoms with van der Waals surface area (Å²) in [5.41, 5.74) is 0.447. The van der Waals surface area contributed by atoms with Crippen molar-refractivity contribution in [2.24, 2.45) is 0 Å². The molecule has 1 fully saturated rings. The van der Waals surface area contributed by atoms with Crippen LogP contribution in [-0.4, -0.2) is 39.3 Å². The third kappa shape index (κ3) is 5.54. The van der Waals surface area contributed by atoms with Crippen LogP contribution in [0.15, 0.2) is 46.9 Å². The number of carbonyl (C=O) groups is 1. The van der Waals surface area contributed by atoms with Crippen LogP contribution < -0.4 is 15.0 Å². The van der Waals surface area contributed by atoms with Crippen molar-refractivity contribution in [1.29, 1.82) is 0 Å². The molecule has 1 N–H and O–H groups in total. The van der Waals surface area contributed by atoms with E-state index in [-0.39, 0.29) is 5.69 Å². The summed E-state index contributed by atoms with van der Waals surface area (Å²) in [5, 5.41) is 2.58. The minimum Gasteiger partial charge on any atom is -0.496 e. The summed E-state index contributed by atoms with van der Waals surface area (Å²) in [4.78, 5) is 14.4. The number of alkyl halides is 3. The monoisotopic (exact) mass is 484 g/mol. The van der Waals surface area contributed by atoms with Gasteiger partial charge in [0.1, 0.15) is 5.75 Å². The zero-order chi connectivity index (χ0) is 21.7. The van der Waals surface area contributed by atoms with Crippen LogP contribution in [0.25, 0.3) is 6.08 Å². The summed E-state index contributed by atoms with van der Waals surface area (Å²) >= 11 is 3.35. The van der Waals surface area contributed by atoms with Crippen molar-refractivity contribution in [3.05, 3.63) is 58.1 Å². The number of benzene rings is 2. The van der Waals surface area contributed by atoms with Crippen LogP contribution in [0.1, 0.15) is 11.1 Å². The van der Waals surface area contributed by atoms with Crippen molar-refractivity contribution in [2.75, 3.05) is 43.6 Å². The van der Waals surface area contributed by atoms with Gasteiger partial charge >= 0.3 is 6.18 Å². The van der Waals surface area contributed by atoms with Gasteiger partial charge in [-0.3, -0.25) is 4.79 Å². The zero-order valence-corrected chi connectivity index (χ0v) is 17.7. The van der Waals surface area contributed by atoms with E-state index in [9.17, 15) is 18.0 Å². The van der Waals surface area contributed by atoms with Crippen molar-refractivity contribution >= 4 is 39.3 Å². The lowest BCUT2D eigenvalue weighted by atomic mass is 10.1. The number of ether oxygens (including phenoxy) is 2. The highest BCUT2D eigenvalue weighted by molar-refractivity contribution is 9.10. The van der Waals surface area contributed by atoms with Gasteiger partial charge in [-0.15, -0.1) is 0 Å². The van der Waals surface area contributed by atoms with Crippen LogP contribution in [0, 0.1) is 0 Å². The Balaban J connectivity index is 1.86. The van der Waals surface area contributed by atoms with Crippen LogP contribution in [0.2, 0.25) is 0 Å². The number of hydrogen-bond acceptors (Lipinski definition) is 4. The standard InChI is InChI=1S/C21H20BrF3N2O3/c1-29-19-6-4-16(22)12-14(19)2-7-20(28)26-17-13-15(21(23,24)25)3-5-18(17)27-8-10-30-11-9-27/h2-7,12-13H,8-11H2,1H3,(H,26,28). The molecule has 5 nitrogen and oxygen atoms in total. The first kappa shape index (κ1) is 22.2. The quantitative estimate of drug-likeness (QED) is 0.609. The molecule has 30 heavy (non-hydrogen) atoms. The van der Waals surface area contributed by atoms with Crippen molar-refractivity contribution in [1.82, 2.24) is 0 Å². The van der Waals surface area contributed by atoms with Crippen LogP contribution in [0.5, 0.6) is 5.75 Å². The molecule has 2 aromatic carbocycles. The van der Waals surface area contributed by atoms with Gasteiger partial charge in [0.05, 0.1) is 37.3 Å². The second-order valence-corrected chi connectivity index (χ2v) is 7.45. The summed E-state index contributed by atoms with van der Waals surface area (Å²) in [5.74, 6) is 0.0150. The van der Waals surface area contributed by atoms with Gasteiger partial charge in [0.15, 0.2) is 0 Å². The third-order valence-corrected chi connectivity index (χ3v) is 5.03. The van der Waals surface area contributed by atoms with E-state index >= 15 is 0 Å². The Bertz CT molecular complexity index is 942. The first-order chi connectivity index (χ1) is 14.3. The van der Waals surface area contributed by atoms with E-state index in [1.165, 1.54) is 19.3 Å². The number of rotatable bonds is 5. The molecule has 9 heteroatoms. The van der Waals surface area contributed by atoms with E-state index < -0.39 is 17.6 Å². The molecule has 0 radical (unpaired) electrons. The van der Waals surface area contributed by atoms with E-state index in [1.807, 2.05) is 4.90 Å². The van der Waals surface area contributed by atoms with E-state index in [2.05, 4.69) is 21.2 Å². The molecule has 160 valence electrons. The summed E-state index contributed by atoms with van der Waals surface area (Å²) in [6, 6.07) is 8.66. The summed E-state index contributed by atoms with van der Waals surface area (Å²) < 4.78 is 50.9. The number of nitrogens with zero attached hydrogens (tertiary/aromatic N) is 1. The van der Waals surface area contributed by atoms with E-state index in [1.54, 1.807) is 24.3 Å². The van der Waals surface area contributed by atoms with Gasteiger partial charge in [0.2, 0.25) is 5.91 Å². The van der Waals surface area contributed by atoms with Gasteiger partial charge in [-0.25, -0.2) is 0 Å². The fourth-order valence-electron chi connectivity index (χ4n) is 3.07. The molecular weight excluding hydrogens is 465 g/mol. The Morgan fingerprint density at radius 3 is 2.60 bits per heavy atom. The van der Waals surface area contributed by atoms with Crippen molar-refractivity contribution < 1.29 is 27.4 Å². The van der Waals surface area contributed by atoms with Gasteiger partial charge < -0.3 is 19.7 Å². The predicted molar refractivity (Wildman–Crippen MR) is 113 cm³/mol. The number of hydrogen-bond donors (Lipinski definition) is 1. The molecule has 0 atom stereocenters. The smallest absolute Gasteiger partial charge is 0.416 e. The number of anilines is 2. The van der Waals surface area contributed by atoms with Gasteiger partial charge in [-0.1, -0.05) is 15.9 Å². The van der Waals surface area contributed by atoms with Crippen LogP contribution >= 0.6 is 15.9 Å². The van der Waals surface area contributed by atoms with Crippen LogP contribution in [0.3, 0.4) is 0 Å². The molecule has 2 aromatic rings. The second-order valence-electron chi connectivity index (χ2n) is 6.54. The number of carbonyl (C=O) groups excluding carboxylic acids is 1. The molecule has 1 aliphatic heterocycles. The van der Waals surface area contributed by atoms with E-state index in [0.717, 1.165) is 16.6 Å². The first-order valence-electron chi connectivity index (χ1n) is 9.14. The fourth-order valence-corrected chi connectivity index (χ4v) is 3.45. The minimum absolute atomic E-state index is 0.0996. The Labute approximate surface area is 180 Å². The summed E-state index contributed by atoms with van der Waals surface area (Å²) in [6.45, 7) is 1.99. The molecule has 1 heterocycles. The molecule has 0 saturated carbocycles. The Morgan fingerprint density at radius 2 is 1.93 bits per heavy atom. The largest absolute Gasteiger partial charge is 0.496 e. The number of morpholine rings is 1. The lowest BCUT2D eigenvalue weighted by Gasteiger charge is -2.30. The van der Waals surface area contributed by atoms with Crippen LogP contribution in [0.4, 0.5) is 24.5 Å². The van der Waals surface area contributed by atoms with E-state index in [0.29, 0.717) is 43.3 Å². The zero-order valence-electron chi connectivity index (χ0n) is 16.1. The highest BCUT2D eigenvalue weighted by Crippen LogP contribution is 2.36. The van der Waals surface area contributed by atoms with Gasteiger partial charge in [0, 0.05) is 29.2 Å². The lowest BCUT2D eigenvalue weighted by molar-refractivity contribution is -0.137. The molecule has 0 aliphatic carbocycles. The Hall–Kier alpha value is -2.52. The molecule has 0 aromatic heterocycles. The molecule has 1 aliphatic rings. The normalized spacial score (nSPS) is 14.8. The van der Waals surface area contributed by atoms with Crippen molar-refractivity contribution in [2.45, 2.75) is 6.18 Å². The fraction of sp³-hybridized carbons (Fsp3) is 0.286. The summed E-state index contributed by atoms with van der Waals surface area (Å²) in [7, 11) is 1.51. The molecule has 0 spiro atoms. The van der Waals surface area contributed by atoms with Crippen molar-refractivity contribution in [3.8, 4) is 5.75 Å². The first-order valence-corrected chi connectivity index (χ1v) is 9.94. The maximum absolute atomic E-state index is 13.2. The summed E-state index contributed by atoms with van der Waals surface area (Å²) in [6.07, 6.45) is -1.71. The molecule has 1 amide bonds. The van der Waals surface area contributed by atoms with Gasteiger partial charge in [-0.05, 0) is 42.5 Å². The average molecular weight is 485 g/mol. The predicted octanol–water partition coefficient (Wildman–Crippen LogP) is 4.97. The number of methoxy groups -OCH3 is 1. The van der Waals surface area contributed by atoms with E-state index in [4.69, 9.17) is 9.47 Å². The van der Waals surface area contributed by atoms with Gasteiger partial charge in [-0.2, -0.15) is 13.2 Å². The van der Waals surface area contributed by atoms with Crippen LogP contribution in [-0.2, 0) is 15.7 Å². The third-order valence-electron chi connectivity index (χ3n) is 4.54. The molecule has 0 bridgehead atoms. The average Bonchev–Trinajstić information content (AvgIpc) is 2.72. The molecule has 1 saturated heterocycles. The highest BCUT2D eigenvalue weighted by atomic mass is 79.9. The minimum atomic E-state index is -4.51. The molecule has 0 unspecified atom stereocenters. The Kier molecular flexibility index (Phi) is 7.04. The second kappa shape index (κ2) is 9.53. The molecule has 3 rings (SSSR count). The molecular formula is C21H20BrF3N2O3. The maximum atomic E-state index is 13.2. The SMILES string of the molecule is COc1ccc(Br)cc1C=CC(=O)Nc1cc(C(F)(F)F)ccc1N1CCOCC1. The number of amides is 1. The topological polar surface area (TPSA) is 50.8 Å². The lowest BCUT2D eigenvalue weighted by Crippen LogP contribution is -2.36. The maximum Gasteiger partial charge on any atom is 0.416 e. The number of halogens is 4. The van der Waals surface area contributed by atoms with Crippen molar-refractivity contribution in [3.63, 3.8) is 0 Å².